The molecule has 1 aliphatic heterocycles. The third kappa shape index (κ3) is 3.71. The molecule has 0 aliphatic carbocycles. The summed E-state index contributed by atoms with van der Waals surface area (Å²) in [6.45, 7) is 1.54. The second-order valence-corrected chi connectivity index (χ2v) is 6.46. The van der Waals surface area contributed by atoms with Crippen LogP contribution in [0.5, 0.6) is 0 Å². The van der Waals surface area contributed by atoms with Gasteiger partial charge in [0.1, 0.15) is 12.2 Å². The number of benzene rings is 1. The molecule has 2 heterocycles. The Morgan fingerprint density at radius 3 is 2.48 bits per heavy atom. The average Bonchev–Trinajstić information content (AvgIpc) is 2.86. The van der Waals surface area contributed by atoms with Crippen molar-refractivity contribution in [3.8, 4) is 0 Å². The summed E-state index contributed by atoms with van der Waals surface area (Å²) in [7, 11) is 1.79. The monoisotopic (exact) mass is 337 g/mol. The summed E-state index contributed by atoms with van der Waals surface area (Å²) in [6, 6.07) is 13.5. The van der Waals surface area contributed by atoms with Crippen molar-refractivity contribution in [2.24, 2.45) is 0 Å². The summed E-state index contributed by atoms with van der Waals surface area (Å²) in [5.41, 5.74) is 2.17. The Labute approximate surface area is 148 Å². The second kappa shape index (κ2) is 7.47. The Bertz CT molecular complexity index is 733. The van der Waals surface area contributed by atoms with Crippen LogP contribution in [0.4, 0.5) is 0 Å². The van der Waals surface area contributed by atoms with Gasteiger partial charge in [-0.1, -0.05) is 36.4 Å². The van der Waals surface area contributed by atoms with Crippen LogP contribution in [-0.2, 0) is 22.4 Å². The van der Waals surface area contributed by atoms with E-state index >= 15 is 0 Å². The number of carbonyl (C=O) groups excluding carboxylic acids is 2. The fourth-order valence-electron chi connectivity index (χ4n) is 3.53. The summed E-state index contributed by atoms with van der Waals surface area (Å²) >= 11 is 0. The van der Waals surface area contributed by atoms with Crippen molar-refractivity contribution in [3.05, 3.63) is 66.0 Å². The van der Waals surface area contributed by atoms with Gasteiger partial charge in [0.25, 0.3) is 0 Å². The molecule has 2 aromatic rings. The number of nitrogens with zero attached hydrogens (tertiary/aromatic N) is 3. The molecule has 25 heavy (non-hydrogen) atoms. The highest BCUT2D eigenvalue weighted by atomic mass is 16.2. The van der Waals surface area contributed by atoms with Gasteiger partial charge in [-0.25, -0.2) is 0 Å². The quantitative estimate of drug-likeness (QED) is 0.841. The lowest BCUT2D eigenvalue weighted by Gasteiger charge is -2.29. The Balaban J connectivity index is 1.78. The number of carbonyl (C=O) groups is 2. The molecule has 2 amide bonds. The van der Waals surface area contributed by atoms with E-state index in [0.29, 0.717) is 6.42 Å². The smallest absolute Gasteiger partial charge is 0.247 e. The number of hydrogen-bond donors (Lipinski definition) is 0. The van der Waals surface area contributed by atoms with E-state index in [-0.39, 0.29) is 18.0 Å². The first-order valence-corrected chi connectivity index (χ1v) is 8.56. The minimum atomic E-state index is -0.451. The summed E-state index contributed by atoms with van der Waals surface area (Å²) in [5.74, 6) is -0.0678. The zero-order valence-electron chi connectivity index (χ0n) is 14.6. The molecule has 0 spiro atoms. The van der Waals surface area contributed by atoms with Crippen molar-refractivity contribution in [2.45, 2.75) is 38.4 Å². The molecule has 2 unspecified atom stereocenters. The fraction of sp³-hybridized carbons (Fsp3) is 0.350. The molecular formula is C20H23N3O2. The molecule has 1 aromatic heterocycles. The van der Waals surface area contributed by atoms with E-state index in [4.69, 9.17) is 0 Å². The van der Waals surface area contributed by atoms with Crippen LogP contribution in [0.2, 0.25) is 0 Å². The van der Waals surface area contributed by atoms with E-state index in [2.05, 4.69) is 17.1 Å². The van der Waals surface area contributed by atoms with Crippen LogP contribution >= 0.6 is 0 Å². The molecule has 1 saturated heterocycles. The van der Waals surface area contributed by atoms with Gasteiger partial charge in [0.15, 0.2) is 0 Å². The van der Waals surface area contributed by atoms with E-state index in [1.165, 1.54) is 12.5 Å². The molecule has 1 aromatic carbocycles. The summed E-state index contributed by atoms with van der Waals surface area (Å²) in [5, 5.41) is 0. The highest BCUT2D eigenvalue weighted by Crippen LogP contribution is 2.26. The van der Waals surface area contributed by atoms with Crippen molar-refractivity contribution in [1.82, 2.24) is 14.8 Å². The van der Waals surface area contributed by atoms with Gasteiger partial charge in [0, 0.05) is 32.8 Å². The largest absolute Gasteiger partial charge is 0.323 e. The maximum absolute atomic E-state index is 12.8. The Kier molecular flexibility index (Phi) is 5.12. The predicted molar refractivity (Wildman–Crippen MR) is 95.6 cm³/mol. The van der Waals surface area contributed by atoms with Crippen LogP contribution in [0.25, 0.3) is 0 Å². The Morgan fingerprint density at radius 2 is 1.84 bits per heavy atom. The van der Waals surface area contributed by atoms with Crippen LogP contribution < -0.4 is 0 Å². The molecule has 130 valence electrons. The van der Waals surface area contributed by atoms with E-state index in [0.717, 1.165) is 18.4 Å². The van der Waals surface area contributed by atoms with Crippen LogP contribution in [0.15, 0.2) is 54.9 Å². The van der Waals surface area contributed by atoms with E-state index in [1.54, 1.807) is 29.2 Å². The molecule has 2 atom stereocenters. The van der Waals surface area contributed by atoms with Gasteiger partial charge >= 0.3 is 0 Å². The topological polar surface area (TPSA) is 53.5 Å². The standard InChI is InChI=1S/C20H23N3O2/c1-15(24)23-18(13-17-9-6-12-21-14-17)20(25)22(2)19(23)11-10-16-7-4-3-5-8-16/h3-9,12,14,18-19H,10-11,13H2,1-2H3. The van der Waals surface area contributed by atoms with Gasteiger partial charge in [-0.05, 0) is 30.0 Å². The highest BCUT2D eigenvalue weighted by molar-refractivity contribution is 5.90. The first-order chi connectivity index (χ1) is 12.1. The normalized spacial score (nSPS) is 20.2. The molecule has 5 heteroatoms. The number of rotatable bonds is 5. The van der Waals surface area contributed by atoms with Gasteiger partial charge < -0.3 is 9.80 Å². The maximum atomic E-state index is 12.8. The van der Waals surface area contributed by atoms with Crippen molar-refractivity contribution in [3.63, 3.8) is 0 Å². The summed E-state index contributed by atoms with van der Waals surface area (Å²) < 4.78 is 0. The minimum Gasteiger partial charge on any atom is -0.323 e. The lowest BCUT2D eigenvalue weighted by Crippen LogP contribution is -2.43. The molecule has 1 fully saturated rings. The molecule has 0 saturated carbocycles. The molecule has 0 N–H and O–H groups in total. The summed E-state index contributed by atoms with van der Waals surface area (Å²) in [6.07, 6.45) is 5.31. The van der Waals surface area contributed by atoms with Crippen molar-refractivity contribution >= 4 is 11.8 Å². The number of aromatic nitrogens is 1. The lowest BCUT2D eigenvalue weighted by atomic mass is 10.1. The first kappa shape index (κ1) is 17.1. The zero-order valence-corrected chi connectivity index (χ0v) is 14.6. The number of pyridine rings is 1. The Morgan fingerprint density at radius 1 is 1.12 bits per heavy atom. The van der Waals surface area contributed by atoms with Crippen molar-refractivity contribution in [1.29, 1.82) is 0 Å². The molecular weight excluding hydrogens is 314 g/mol. The first-order valence-electron chi connectivity index (χ1n) is 8.56. The van der Waals surface area contributed by atoms with Gasteiger partial charge in [0.05, 0.1) is 0 Å². The minimum absolute atomic E-state index is 0.00267. The molecule has 1 aliphatic rings. The second-order valence-electron chi connectivity index (χ2n) is 6.46. The summed E-state index contributed by atoms with van der Waals surface area (Å²) in [4.78, 5) is 32.6. The van der Waals surface area contributed by atoms with Crippen LogP contribution in [0, 0.1) is 0 Å². The third-order valence-electron chi connectivity index (χ3n) is 4.79. The maximum Gasteiger partial charge on any atom is 0.247 e. The van der Waals surface area contributed by atoms with Crippen molar-refractivity contribution in [2.75, 3.05) is 7.05 Å². The van der Waals surface area contributed by atoms with Crippen LogP contribution in [0.3, 0.4) is 0 Å². The lowest BCUT2D eigenvalue weighted by molar-refractivity contribution is -0.134. The van der Waals surface area contributed by atoms with Crippen LogP contribution in [-0.4, -0.2) is 45.9 Å². The predicted octanol–water partition coefficient (Wildman–Crippen LogP) is 2.27. The van der Waals surface area contributed by atoms with E-state index in [1.807, 2.05) is 30.3 Å². The number of hydrogen-bond acceptors (Lipinski definition) is 3. The van der Waals surface area contributed by atoms with Gasteiger partial charge in [0.2, 0.25) is 11.8 Å². The van der Waals surface area contributed by atoms with E-state index < -0.39 is 6.04 Å². The number of aryl methyl sites for hydroxylation is 1. The third-order valence-corrected chi connectivity index (χ3v) is 4.79. The number of amides is 2. The molecule has 5 nitrogen and oxygen atoms in total. The van der Waals surface area contributed by atoms with Crippen LogP contribution in [0.1, 0.15) is 24.5 Å². The molecule has 3 rings (SSSR count). The zero-order chi connectivity index (χ0) is 17.8. The van der Waals surface area contributed by atoms with Crippen molar-refractivity contribution < 1.29 is 9.59 Å². The number of likely N-dealkylation sites (N-methyl/N-ethyl adjacent to an activating group) is 1. The Hall–Kier alpha value is -2.69. The van der Waals surface area contributed by atoms with Gasteiger partial charge in [-0.15, -0.1) is 0 Å². The van der Waals surface area contributed by atoms with E-state index in [9.17, 15) is 9.59 Å². The fourth-order valence-corrected chi connectivity index (χ4v) is 3.53. The highest BCUT2D eigenvalue weighted by Gasteiger charge is 2.45. The SMILES string of the molecule is CC(=O)N1C(Cc2cccnc2)C(=O)N(C)C1CCc1ccccc1. The molecule has 0 bridgehead atoms. The average molecular weight is 337 g/mol. The molecule has 0 radical (unpaired) electrons. The van der Waals surface area contributed by atoms with Gasteiger partial charge in [-0.3, -0.25) is 14.6 Å². The van der Waals surface area contributed by atoms with Gasteiger partial charge in [-0.2, -0.15) is 0 Å².